The van der Waals surface area contributed by atoms with Crippen molar-refractivity contribution >= 4 is 11.9 Å². The van der Waals surface area contributed by atoms with Gasteiger partial charge in [0.05, 0.1) is 0 Å². The zero-order valence-electron chi connectivity index (χ0n) is 19.3. The number of aryl methyl sites for hydroxylation is 1. The van der Waals surface area contributed by atoms with Crippen molar-refractivity contribution in [3.63, 3.8) is 0 Å². The zero-order valence-corrected chi connectivity index (χ0v) is 19.3. The fourth-order valence-corrected chi connectivity index (χ4v) is 4.93. The third-order valence-corrected chi connectivity index (χ3v) is 6.57. The average molecular weight is 429 g/mol. The fraction of sp³-hybridized carbons (Fsp3) is 0.615. The van der Waals surface area contributed by atoms with Crippen LogP contribution in [0.5, 0.6) is 11.5 Å². The molecule has 0 saturated carbocycles. The van der Waals surface area contributed by atoms with Crippen LogP contribution >= 0.6 is 0 Å². The summed E-state index contributed by atoms with van der Waals surface area (Å²) < 4.78 is 12.4. The van der Waals surface area contributed by atoms with Crippen molar-refractivity contribution in [3.05, 3.63) is 34.9 Å². The van der Waals surface area contributed by atoms with Gasteiger partial charge in [0.25, 0.3) is 0 Å². The molecule has 0 spiro atoms. The van der Waals surface area contributed by atoms with Crippen LogP contribution in [0.4, 0.5) is 0 Å². The second-order valence-corrected chi connectivity index (χ2v) is 9.57. The van der Waals surface area contributed by atoms with Crippen molar-refractivity contribution < 1.29 is 24.2 Å². The SMILES string of the molecule is CCCCCc1cc(OC(=O)CCCC(=O)O)c2c(c1)OC(C)(C)[C@@H]1CCC(C)=C[C@@H]21. The summed E-state index contributed by atoms with van der Waals surface area (Å²) in [4.78, 5) is 23.3. The quantitative estimate of drug-likeness (QED) is 0.220. The Morgan fingerprint density at radius 2 is 1.97 bits per heavy atom. The molecule has 0 amide bonds. The number of carbonyl (C=O) groups is 2. The molecule has 31 heavy (non-hydrogen) atoms. The molecule has 5 heteroatoms. The Morgan fingerprint density at radius 1 is 1.19 bits per heavy atom. The van der Waals surface area contributed by atoms with Crippen LogP contribution in [0.1, 0.15) is 96.1 Å². The Labute approximate surface area is 185 Å². The van der Waals surface area contributed by atoms with Gasteiger partial charge in [0.1, 0.15) is 17.1 Å². The van der Waals surface area contributed by atoms with E-state index >= 15 is 0 Å². The Hall–Kier alpha value is -2.30. The molecule has 1 aliphatic carbocycles. The van der Waals surface area contributed by atoms with Gasteiger partial charge >= 0.3 is 11.9 Å². The van der Waals surface area contributed by atoms with E-state index in [1.165, 1.54) is 5.57 Å². The van der Waals surface area contributed by atoms with Gasteiger partial charge in [-0.05, 0) is 70.6 Å². The van der Waals surface area contributed by atoms with Gasteiger partial charge in [-0.25, -0.2) is 0 Å². The van der Waals surface area contributed by atoms with E-state index in [9.17, 15) is 9.59 Å². The number of hydrogen-bond acceptors (Lipinski definition) is 4. The lowest BCUT2D eigenvalue weighted by molar-refractivity contribution is -0.137. The summed E-state index contributed by atoms with van der Waals surface area (Å²) in [7, 11) is 0. The number of fused-ring (bicyclic) bond motifs is 3. The lowest BCUT2D eigenvalue weighted by Crippen LogP contribution is -2.45. The first-order chi connectivity index (χ1) is 14.7. The molecule has 170 valence electrons. The van der Waals surface area contributed by atoms with E-state index in [1.54, 1.807) is 0 Å². The number of esters is 1. The van der Waals surface area contributed by atoms with Gasteiger partial charge in [-0.1, -0.05) is 31.4 Å². The minimum Gasteiger partial charge on any atom is -0.487 e. The van der Waals surface area contributed by atoms with Gasteiger partial charge in [0.2, 0.25) is 0 Å². The average Bonchev–Trinajstić information content (AvgIpc) is 2.66. The van der Waals surface area contributed by atoms with Crippen molar-refractivity contribution in [1.82, 2.24) is 0 Å². The van der Waals surface area contributed by atoms with Gasteiger partial charge in [-0.2, -0.15) is 0 Å². The summed E-state index contributed by atoms with van der Waals surface area (Å²) in [5.74, 6) is 0.592. The first kappa shape index (κ1) is 23.4. The highest BCUT2D eigenvalue weighted by molar-refractivity contribution is 5.75. The molecule has 1 heterocycles. The van der Waals surface area contributed by atoms with Crippen molar-refractivity contribution in [2.45, 2.75) is 97.0 Å². The minimum atomic E-state index is -0.899. The van der Waals surface area contributed by atoms with Gasteiger partial charge < -0.3 is 14.6 Å². The van der Waals surface area contributed by atoms with E-state index in [-0.39, 0.29) is 36.8 Å². The highest BCUT2D eigenvalue weighted by Gasteiger charge is 2.45. The first-order valence-electron chi connectivity index (χ1n) is 11.7. The molecule has 1 N–H and O–H groups in total. The summed E-state index contributed by atoms with van der Waals surface area (Å²) in [5.41, 5.74) is 3.15. The normalized spacial score (nSPS) is 21.4. The van der Waals surface area contributed by atoms with E-state index in [4.69, 9.17) is 14.6 Å². The molecule has 0 fully saturated rings. The van der Waals surface area contributed by atoms with Crippen molar-refractivity contribution in [3.8, 4) is 11.5 Å². The second-order valence-electron chi connectivity index (χ2n) is 9.57. The molecule has 3 rings (SSSR count). The third-order valence-electron chi connectivity index (χ3n) is 6.57. The molecule has 0 radical (unpaired) electrons. The smallest absolute Gasteiger partial charge is 0.311 e. The van der Waals surface area contributed by atoms with Crippen LogP contribution in [-0.2, 0) is 16.0 Å². The molecule has 0 saturated heterocycles. The highest BCUT2D eigenvalue weighted by atomic mass is 16.5. The number of carboxylic acid groups (broad SMARTS) is 1. The standard InChI is InChI=1S/C26H36O5/c1-5-6-7-9-18-15-21(30-24(29)11-8-10-23(27)28)25-19-14-17(2)12-13-20(19)26(3,4)31-22(25)16-18/h14-16,19-20H,5-13H2,1-4H3,(H,27,28)/t19-,20-/m1/s1. The van der Waals surface area contributed by atoms with Crippen LogP contribution in [0.2, 0.25) is 0 Å². The maximum absolute atomic E-state index is 12.5. The molecule has 1 aromatic rings. The first-order valence-corrected chi connectivity index (χ1v) is 11.7. The molecule has 0 aromatic heterocycles. The zero-order chi connectivity index (χ0) is 22.6. The summed E-state index contributed by atoms with van der Waals surface area (Å²) in [6.07, 6.45) is 9.05. The molecule has 1 aliphatic heterocycles. The lowest BCUT2D eigenvalue weighted by atomic mass is 9.68. The number of allylic oxidation sites excluding steroid dienone is 2. The van der Waals surface area contributed by atoms with Crippen molar-refractivity contribution in [1.29, 1.82) is 0 Å². The van der Waals surface area contributed by atoms with Crippen molar-refractivity contribution in [2.24, 2.45) is 5.92 Å². The number of ether oxygens (including phenoxy) is 2. The molecule has 5 nitrogen and oxygen atoms in total. The lowest BCUT2D eigenvalue weighted by Gasteiger charge is -2.46. The number of rotatable bonds is 9. The minimum absolute atomic E-state index is 0.0335. The number of carbonyl (C=O) groups excluding carboxylic acids is 1. The third kappa shape index (κ3) is 5.69. The largest absolute Gasteiger partial charge is 0.487 e. The van der Waals surface area contributed by atoms with E-state index in [1.807, 2.05) is 6.07 Å². The van der Waals surface area contributed by atoms with Crippen LogP contribution in [0.15, 0.2) is 23.8 Å². The highest BCUT2D eigenvalue weighted by Crippen LogP contribution is 2.53. The molecule has 2 atom stereocenters. The predicted molar refractivity (Wildman–Crippen MR) is 121 cm³/mol. The number of aliphatic carboxylic acids is 1. The Kier molecular flexibility index (Phi) is 7.45. The maximum atomic E-state index is 12.5. The van der Waals surface area contributed by atoms with E-state index < -0.39 is 5.97 Å². The number of unbranched alkanes of at least 4 members (excludes halogenated alkanes) is 2. The van der Waals surface area contributed by atoms with E-state index in [0.717, 1.165) is 55.4 Å². The fourth-order valence-electron chi connectivity index (χ4n) is 4.93. The van der Waals surface area contributed by atoms with Gasteiger partial charge in [-0.3, -0.25) is 9.59 Å². The van der Waals surface area contributed by atoms with Crippen LogP contribution in [0, 0.1) is 5.92 Å². The van der Waals surface area contributed by atoms with E-state index in [2.05, 4.69) is 39.8 Å². The molecular weight excluding hydrogens is 392 g/mol. The second kappa shape index (κ2) is 9.88. The number of carboxylic acids is 1. The molecular formula is C26H36O5. The van der Waals surface area contributed by atoms with Gasteiger partial charge in [0.15, 0.2) is 0 Å². The monoisotopic (exact) mass is 428 g/mol. The topological polar surface area (TPSA) is 72.8 Å². The summed E-state index contributed by atoms with van der Waals surface area (Å²) in [6.45, 7) is 8.66. The maximum Gasteiger partial charge on any atom is 0.311 e. The Balaban J connectivity index is 1.95. The molecule has 0 bridgehead atoms. The summed E-state index contributed by atoms with van der Waals surface area (Å²) in [6, 6.07) is 4.13. The molecule has 1 aromatic carbocycles. The van der Waals surface area contributed by atoms with Crippen LogP contribution in [0.3, 0.4) is 0 Å². The number of hydrogen-bond donors (Lipinski definition) is 1. The van der Waals surface area contributed by atoms with Gasteiger partial charge in [-0.15, -0.1) is 0 Å². The predicted octanol–water partition coefficient (Wildman–Crippen LogP) is 6.19. The molecule has 0 unspecified atom stereocenters. The summed E-state index contributed by atoms with van der Waals surface area (Å²) in [5, 5.41) is 8.84. The van der Waals surface area contributed by atoms with Crippen LogP contribution in [0.25, 0.3) is 0 Å². The number of benzene rings is 1. The van der Waals surface area contributed by atoms with Crippen LogP contribution < -0.4 is 9.47 Å². The van der Waals surface area contributed by atoms with E-state index in [0.29, 0.717) is 11.7 Å². The summed E-state index contributed by atoms with van der Waals surface area (Å²) >= 11 is 0. The van der Waals surface area contributed by atoms with Crippen molar-refractivity contribution in [2.75, 3.05) is 0 Å². The molecule has 2 aliphatic rings. The Morgan fingerprint density at radius 3 is 2.68 bits per heavy atom. The Bertz CT molecular complexity index is 852. The van der Waals surface area contributed by atoms with Crippen LogP contribution in [-0.4, -0.2) is 22.6 Å². The van der Waals surface area contributed by atoms with Gasteiger partial charge in [0, 0.05) is 30.2 Å².